The number of alkyl halides is 2. The third-order valence-corrected chi connectivity index (χ3v) is 2.43. The number of hydrogen-bond acceptors (Lipinski definition) is 3. The van der Waals surface area contributed by atoms with Crippen LogP contribution >= 0.6 is 22.6 Å². The largest absolute Gasteiger partial charge is 0.397 e. The zero-order valence-corrected chi connectivity index (χ0v) is 8.62. The Morgan fingerprint density at radius 1 is 1.62 bits per heavy atom. The molecule has 13 heavy (non-hydrogen) atoms. The lowest BCUT2D eigenvalue weighted by Gasteiger charge is -2.09. The summed E-state index contributed by atoms with van der Waals surface area (Å²) in [7, 11) is 0. The highest BCUT2D eigenvalue weighted by Crippen LogP contribution is 2.27. The molecule has 1 rings (SSSR count). The summed E-state index contributed by atoms with van der Waals surface area (Å²) in [5, 5.41) is 8.82. The summed E-state index contributed by atoms with van der Waals surface area (Å²) in [5.41, 5.74) is 5.24. The van der Waals surface area contributed by atoms with Crippen molar-refractivity contribution in [2.45, 2.75) is 13.0 Å². The molecule has 0 fully saturated rings. The molecule has 0 atom stereocenters. The van der Waals surface area contributed by atoms with Crippen LogP contribution in [0.5, 0.6) is 0 Å². The Hall–Kier alpha value is -0.500. The van der Waals surface area contributed by atoms with Gasteiger partial charge in [-0.05, 0) is 22.6 Å². The van der Waals surface area contributed by atoms with Crippen LogP contribution in [0.2, 0.25) is 0 Å². The molecule has 0 spiro atoms. The summed E-state index contributed by atoms with van der Waals surface area (Å²) < 4.78 is 25.2. The van der Waals surface area contributed by atoms with Crippen molar-refractivity contribution in [3.63, 3.8) is 0 Å². The van der Waals surface area contributed by atoms with Crippen molar-refractivity contribution in [1.29, 1.82) is 0 Å². The lowest BCUT2D eigenvalue weighted by Crippen LogP contribution is -2.05. The van der Waals surface area contributed by atoms with Gasteiger partial charge in [-0.15, -0.1) is 0 Å². The normalized spacial score (nSPS) is 10.8. The molecule has 0 aliphatic carbocycles. The second-order valence-corrected chi connectivity index (χ2v) is 3.50. The molecule has 0 bridgehead atoms. The van der Waals surface area contributed by atoms with E-state index in [1.165, 1.54) is 6.20 Å². The first kappa shape index (κ1) is 10.6. The van der Waals surface area contributed by atoms with Crippen molar-refractivity contribution in [2.75, 3.05) is 5.73 Å². The molecule has 0 aliphatic heterocycles. The van der Waals surface area contributed by atoms with Gasteiger partial charge in [-0.2, -0.15) is 0 Å². The number of anilines is 1. The zero-order valence-electron chi connectivity index (χ0n) is 6.47. The number of rotatable bonds is 2. The highest BCUT2D eigenvalue weighted by molar-refractivity contribution is 14.1. The monoisotopic (exact) mass is 300 g/mol. The fourth-order valence-electron chi connectivity index (χ4n) is 0.910. The van der Waals surface area contributed by atoms with E-state index in [1.807, 2.05) is 22.6 Å². The Labute approximate surface area is 87.1 Å². The van der Waals surface area contributed by atoms with Gasteiger partial charge in [0, 0.05) is 11.8 Å². The van der Waals surface area contributed by atoms with Gasteiger partial charge in [0.05, 0.1) is 15.9 Å². The zero-order chi connectivity index (χ0) is 10.0. The highest BCUT2D eigenvalue weighted by Gasteiger charge is 2.17. The fraction of sp³-hybridized carbons (Fsp3) is 0.286. The van der Waals surface area contributed by atoms with E-state index in [-0.39, 0.29) is 11.3 Å². The molecule has 0 saturated heterocycles. The van der Waals surface area contributed by atoms with Gasteiger partial charge < -0.3 is 10.8 Å². The molecule has 0 unspecified atom stereocenters. The SMILES string of the molecule is Nc1c(I)cnc(C(F)F)c1CO. The summed E-state index contributed by atoms with van der Waals surface area (Å²) in [6.45, 7) is -0.519. The Balaban J connectivity index is 3.30. The minimum absolute atomic E-state index is 0.0156. The van der Waals surface area contributed by atoms with Crippen LogP contribution in [0.25, 0.3) is 0 Å². The maximum atomic E-state index is 12.3. The fourth-order valence-corrected chi connectivity index (χ4v) is 1.37. The quantitative estimate of drug-likeness (QED) is 0.817. The van der Waals surface area contributed by atoms with Gasteiger partial charge in [0.1, 0.15) is 5.69 Å². The first-order valence-electron chi connectivity index (χ1n) is 3.39. The van der Waals surface area contributed by atoms with Gasteiger partial charge >= 0.3 is 0 Å². The Morgan fingerprint density at radius 2 is 2.23 bits per heavy atom. The van der Waals surface area contributed by atoms with E-state index in [9.17, 15) is 8.78 Å². The lowest BCUT2D eigenvalue weighted by molar-refractivity contribution is 0.141. The van der Waals surface area contributed by atoms with Gasteiger partial charge in [0.25, 0.3) is 6.43 Å². The molecule has 1 aromatic heterocycles. The molecule has 0 amide bonds. The molecule has 6 heteroatoms. The predicted octanol–water partition coefficient (Wildman–Crippen LogP) is 1.70. The number of nitrogens with two attached hydrogens (primary N) is 1. The van der Waals surface area contributed by atoms with E-state index in [2.05, 4.69) is 4.98 Å². The van der Waals surface area contributed by atoms with Crippen LogP contribution in [0.3, 0.4) is 0 Å². The molecule has 0 saturated carbocycles. The lowest BCUT2D eigenvalue weighted by atomic mass is 10.2. The molecule has 1 heterocycles. The molecule has 3 nitrogen and oxygen atoms in total. The van der Waals surface area contributed by atoms with E-state index < -0.39 is 18.7 Å². The van der Waals surface area contributed by atoms with Gasteiger partial charge in [-0.25, -0.2) is 8.78 Å². The van der Waals surface area contributed by atoms with Crippen molar-refractivity contribution >= 4 is 28.3 Å². The molecule has 3 N–H and O–H groups in total. The van der Waals surface area contributed by atoms with Crippen LogP contribution < -0.4 is 5.73 Å². The number of nitrogens with zero attached hydrogens (tertiary/aromatic N) is 1. The standard InChI is InChI=1S/C7H7F2IN2O/c8-7(9)6-3(2-13)5(11)4(10)1-12-6/h1,7,13H,2H2,(H2,11,12). The predicted molar refractivity (Wildman–Crippen MR) is 52.2 cm³/mol. The Kier molecular flexibility index (Phi) is 3.37. The molecule has 0 aliphatic rings. The summed E-state index contributed by atoms with van der Waals surface area (Å²) in [5.74, 6) is 0. The van der Waals surface area contributed by atoms with Crippen LogP contribution in [-0.2, 0) is 6.61 Å². The van der Waals surface area contributed by atoms with E-state index >= 15 is 0 Å². The topological polar surface area (TPSA) is 59.1 Å². The van der Waals surface area contributed by atoms with Crippen molar-refractivity contribution in [2.24, 2.45) is 0 Å². The van der Waals surface area contributed by atoms with E-state index in [1.54, 1.807) is 0 Å². The molecule has 0 radical (unpaired) electrons. The first-order chi connectivity index (χ1) is 6.07. The average molecular weight is 300 g/mol. The van der Waals surface area contributed by atoms with Gasteiger partial charge in [0.2, 0.25) is 0 Å². The second-order valence-electron chi connectivity index (χ2n) is 2.34. The minimum atomic E-state index is -2.71. The molecule has 72 valence electrons. The van der Waals surface area contributed by atoms with Crippen LogP contribution in [0.15, 0.2) is 6.20 Å². The number of hydrogen-bond donors (Lipinski definition) is 2. The number of aliphatic hydroxyl groups excluding tert-OH is 1. The summed E-state index contributed by atoms with van der Waals surface area (Å²) in [6, 6.07) is 0. The van der Waals surface area contributed by atoms with Crippen LogP contribution in [0.1, 0.15) is 17.7 Å². The van der Waals surface area contributed by atoms with Gasteiger partial charge in [0.15, 0.2) is 0 Å². The summed E-state index contributed by atoms with van der Waals surface area (Å²) in [6.07, 6.45) is -1.45. The Bertz CT molecular complexity index is 320. The van der Waals surface area contributed by atoms with E-state index in [4.69, 9.17) is 10.8 Å². The van der Waals surface area contributed by atoms with Crippen LogP contribution in [0, 0.1) is 3.57 Å². The average Bonchev–Trinajstić information content (AvgIpc) is 2.09. The summed E-state index contributed by atoms with van der Waals surface area (Å²) in [4.78, 5) is 3.51. The third kappa shape index (κ3) is 2.05. The first-order valence-corrected chi connectivity index (χ1v) is 4.47. The smallest absolute Gasteiger partial charge is 0.280 e. The second kappa shape index (κ2) is 4.14. The van der Waals surface area contributed by atoms with E-state index in [0.717, 1.165) is 0 Å². The van der Waals surface area contributed by atoms with E-state index in [0.29, 0.717) is 3.57 Å². The maximum Gasteiger partial charge on any atom is 0.280 e. The van der Waals surface area contributed by atoms with Crippen LogP contribution in [0.4, 0.5) is 14.5 Å². The van der Waals surface area contributed by atoms with Gasteiger partial charge in [-0.1, -0.05) is 0 Å². The van der Waals surface area contributed by atoms with Gasteiger partial charge in [-0.3, -0.25) is 4.98 Å². The number of aliphatic hydroxyl groups is 1. The number of halogens is 3. The highest BCUT2D eigenvalue weighted by atomic mass is 127. The molecule has 1 aromatic rings. The molecular weight excluding hydrogens is 293 g/mol. The van der Waals surface area contributed by atoms with Crippen molar-refractivity contribution in [3.05, 3.63) is 21.0 Å². The Morgan fingerprint density at radius 3 is 2.69 bits per heavy atom. The van der Waals surface area contributed by atoms with Crippen molar-refractivity contribution < 1.29 is 13.9 Å². The summed E-state index contributed by atoms with van der Waals surface area (Å²) >= 11 is 1.87. The van der Waals surface area contributed by atoms with Crippen molar-refractivity contribution in [3.8, 4) is 0 Å². The number of nitrogen functional groups attached to an aromatic ring is 1. The number of pyridine rings is 1. The molecule has 0 aromatic carbocycles. The maximum absolute atomic E-state index is 12.3. The van der Waals surface area contributed by atoms with Crippen LogP contribution in [-0.4, -0.2) is 10.1 Å². The number of aromatic nitrogens is 1. The third-order valence-electron chi connectivity index (χ3n) is 1.57. The van der Waals surface area contributed by atoms with Crippen molar-refractivity contribution in [1.82, 2.24) is 4.98 Å². The molecular formula is C7H7F2IN2O. The minimum Gasteiger partial charge on any atom is -0.397 e.